The lowest BCUT2D eigenvalue weighted by Gasteiger charge is -2.21. The van der Waals surface area contributed by atoms with Gasteiger partial charge in [0.25, 0.3) is 0 Å². The van der Waals surface area contributed by atoms with Crippen molar-refractivity contribution in [2.75, 3.05) is 11.9 Å². The Kier molecular flexibility index (Phi) is 6.21. The molecule has 0 fully saturated rings. The zero-order chi connectivity index (χ0) is 18.6. The highest BCUT2D eigenvalue weighted by atomic mass is 35.5. The fraction of sp³-hybridized carbons (Fsp3) is 0.300. The molecule has 0 atom stereocenters. The predicted octanol–water partition coefficient (Wildman–Crippen LogP) is 4.25. The summed E-state index contributed by atoms with van der Waals surface area (Å²) in [6.07, 6.45) is 0. The first-order valence-corrected chi connectivity index (χ1v) is 8.51. The van der Waals surface area contributed by atoms with Crippen LogP contribution in [-0.4, -0.2) is 23.3 Å². The number of halogens is 1. The number of hydrogen-bond acceptors (Lipinski definition) is 2. The predicted molar refractivity (Wildman–Crippen MR) is 102 cm³/mol. The second kappa shape index (κ2) is 8.17. The van der Waals surface area contributed by atoms with Crippen LogP contribution in [-0.2, 0) is 16.1 Å². The molecule has 132 valence electrons. The van der Waals surface area contributed by atoms with Crippen molar-refractivity contribution in [1.29, 1.82) is 0 Å². The van der Waals surface area contributed by atoms with Crippen LogP contribution in [0.15, 0.2) is 36.4 Å². The molecule has 0 aliphatic rings. The Balaban J connectivity index is 2.08. The van der Waals surface area contributed by atoms with Gasteiger partial charge in [0, 0.05) is 13.5 Å². The van der Waals surface area contributed by atoms with E-state index in [9.17, 15) is 9.59 Å². The maximum atomic E-state index is 12.4. The summed E-state index contributed by atoms with van der Waals surface area (Å²) in [4.78, 5) is 25.8. The Morgan fingerprint density at radius 1 is 1.04 bits per heavy atom. The van der Waals surface area contributed by atoms with Crippen molar-refractivity contribution >= 4 is 29.1 Å². The van der Waals surface area contributed by atoms with Crippen LogP contribution in [0.4, 0.5) is 5.69 Å². The molecule has 0 aliphatic carbocycles. The van der Waals surface area contributed by atoms with E-state index in [1.54, 1.807) is 6.07 Å². The molecule has 1 N–H and O–H groups in total. The van der Waals surface area contributed by atoms with Crippen molar-refractivity contribution in [1.82, 2.24) is 4.90 Å². The number of carbonyl (C=O) groups excluding carboxylic acids is 2. The monoisotopic (exact) mass is 358 g/mol. The Labute approximate surface area is 153 Å². The number of carbonyl (C=O) groups is 2. The van der Waals surface area contributed by atoms with Crippen molar-refractivity contribution in [2.24, 2.45) is 0 Å². The summed E-state index contributed by atoms with van der Waals surface area (Å²) in [5.74, 6) is -0.418. The van der Waals surface area contributed by atoms with Crippen molar-refractivity contribution in [3.05, 3.63) is 63.7 Å². The zero-order valence-electron chi connectivity index (χ0n) is 15.0. The number of rotatable bonds is 5. The molecule has 2 aromatic carbocycles. The molecular weight excluding hydrogens is 336 g/mol. The summed E-state index contributed by atoms with van der Waals surface area (Å²) in [6.45, 7) is 7.68. The molecule has 2 amide bonds. The highest BCUT2D eigenvalue weighted by molar-refractivity contribution is 6.34. The van der Waals surface area contributed by atoms with Gasteiger partial charge in [0.2, 0.25) is 11.8 Å². The van der Waals surface area contributed by atoms with Gasteiger partial charge >= 0.3 is 0 Å². The SMILES string of the molecule is CC(=O)N(CC(=O)Nc1c(C)cc(C)cc1Cl)Cc1ccc(C)cc1. The molecule has 2 aromatic rings. The van der Waals surface area contributed by atoms with Crippen molar-refractivity contribution in [3.63, 3.8) is 0 Å². The second-order valence-electron chi connectivity index (χ2n) is 6.35. The van der Waals surface area contributed by atoms with Gasteiger partial charge in [0.05, 0.1) is 10.7 Å². The number of aryl methyl sites for hydroxylation is 3. The number of anilines is 1. The van der Waals surface area contributed by atoms with Crippen LogP contribution in [0.2, 0.25) is 5.02 Å². The summed E-state index contributed by atoms with van der Waals surface area (Å²) in [5.41, 5.74) is 4.66. The first kappa shape index (κ1) is 19.0. The van der Waals surface area contributed by atoms with E-state index in [2.05, 4.69) is 5.32 Å². The summed E-state index contributed by atoms with van der Waals surface area (Å²) in [7, 11) is 0. The molecule has 0 heterocycles. The smallest absolute Gasteiger partial charge is 0.244 e. The number of nitrogens with zero attached hydrogens (tertiary/aromatic N) is 1. The molecular formula is C20H23ClN2O2. The fourth-order valence-electron chi connectivity index (χ4n) is 2.62. The molecule has 0 aliphatic heterocycles. The van der Waals surface area contributed by atoms with E-state index < -0.39 is 0 Å². The third-order valence-electron chi connectivity index (χ3n) is 3.97. The molecule has 0 aromatic heterocycles. The number of hydrogen-bond donors (Lipinski definition) is 1. The van der Waals surface area contributed by atoms with Gasteiger partial charge in [0.1, 0.15) is 6.54 Å². The molecule has 0 saturated carbocycles. The van der Waals surface area contributed by atoms with Crippen LogP contribution < -0.4 is 5.32 Å². The molecule has 0 radical (unpaired) electrons. The largest absolute Gasteiger partial charge is 0.329 e. The minimum absolute atomic E-state index is 0.0210. The lowest BCUT2D eigenvalue weighted by molar-refractivity contribution is -0.133. The first-order valence-electron chi connectivity index (χ1n) is 8.14. The molecule has 0 saturated heterocycles. The molecule has 0 unspecified atom stereocenters. The van der Waals surface area contributed by atoms with Gasteiger partial charge in [-0.15, -0.1) is 0 Å². The minimum atomic E-state index is -0.267. The van der Waals surface area contributed by atoms with Crippen molar-refractivity contribution < 1.29 is 9.59 Å². The van der Waals surface area contributed by atoms with Crippen LogP contribution in [0, 0.1) is 20.8 Å². The zero-order valence-corrected chi connectivity index (χ0v) is 15.8. The topological polar surface area (TPSA) is 49.4 Å². The normalized spacial score (nSPS) is 10.4. The van der Waals surface area contributed by atoms with Gasteiger partial charge in [-0.2, -0.15) is 0 Å². The van der Waals surface area contributed by atoms with Gasteiger partial charge in [-0.25, -0.2) is 0 Å². The molecule has 0 bridgehead atoms. The standard InChI is InChI=1S/C20H23ClN2O2/c1-13-5-7-17(8-6-13)11-23(16(4)24)12-19(25)22-20-15(3)9-14(2)10-18(20)21/h5-10H,11-12H2,1-4H3,(H,22,25). The number of amides is 2. The molecule has 5 heteroatoms. The average Bonchev–Trinajstić information content (AvgIpc) is 2.52. The minimum Gasteiger partial charge on any atom is -0.329 e. The van der Waals surface area contributed by atoms with E-state index in [4.69, 9.17) is 11.6 Å². The number of benzene rings is 2. The first-order chi connectivity index (χ1) is 11.8. The van der Waals surface area contributed by atoms with E-state index >= 15 is 0 Å². The summed E-state index contributed by atoms with van der Waals surface area (Å²) in [6, 6.07) is 11.7. The summed E-state index contributed by atoms with van der Waals surface area (Å²) in [5, 5.41) is 3.32. The third-order valence-corrected chi connectivity index (χ3v) is 4.27. The average molecular weight is 359 g/mol. The Morgan fingerprint density at radius 3 is 2.24 bits per heavy atom. The second-order valence-corrected chi connectivity index (χ2v) is 6.75. The van der Waals surface area contributed by atoms with E-state index in [-0.39, 0.29) is 18.4 Å². The molecule has 4 nitrogen and oxygen atoms in total. The van der Waals surface area contributed by atoms with Crippen LogP contribution in [0.25, 0.3) is 0 Å². The van der Waals surface area contributed by atoms with E-state index in [0.717, 1.165) is 22.3 Å². The van der Waals surface area contributed by atoms with Crippen molar-refractivity contribution in [2.45, 2.75) is 34.2 Å². The van der Waals surface area contributed by atoms with Crippen molar-refractivity contribution in [3.8, 4) is 0 Å². The Hall–Kier alpha value is -2.33. The van der Waals surface area contributed by atoms with Gasteiger partial charge in [-0.05, 0) is 43.5 Å². The molecule has 0 spiro atoms. The maximum absolute atomic E-state index is 12.4. The van der Waals surface area contributed by atoms with Crippen LogP contribution >= 0.6 is 11.6 Å². The lowest BCUT2D eigenvalue weighted by Crippen LogP contribution is -2.36. The number of nitrogens with one attached hydrogen (secondary N) is 1. The van der Waals surface area contributed by atoms with E-state index in [0.29, 0.717) is 17.3 Å². The van der Waals surface area contributed by atoms with E-state index in [1.165, 1.54) is 11.8 Å². The van der Waals surface area contributed by atoms with Gasteiger partial charge < -0.3 is 10.2 Å². The quantitative estimate of drug-likeness (QED) is 0.868. The van der Waals surface area contributed by atoms with Gasteiger partial charge in [-0.1, -0.05) is 47.5 Å². The maximum Gasteiger partial charge on any atom is 0.244 e. The summed E-state index contributed by atoms with van der Waals surface area (Å²) < 4.78 is 0. The molecule has 2 rings (SSSR count). The van der Waals surface area contributed by atoms with E-state index in [1.807, 2.05) is 51.1 Å². The summed E-state index contributed by atoms with van der Waals surface area (Å²) >= 11 is 6.23. The van der Waals surface area contributed by atoms with Crippen LogP contribution in [0.3, 0.4) is 0 Å². The Bertz CT molecular complexity index is 762. The van der Waals surface area contributed by atoms with Gasteiger partial charge in [-0.3, -0.25) is 9.59 Å². The lowest BCUT2D eigenvalue weighted by atomic mass is 10.1. The fourth-order valence-corrected chi connectivity index (χ4v) is 2.99. The van der Waals surface area contributed by atoms with Gasteiger partial charge in [0.15, 0.2) is 0 Å². The molecule has 25 heavy (non-hydrogen) atoms. The third kappa shape index (κ3) is 5.33. The Morgan fingerprint density at radius 2 is 1.68 bits per heavy atom. The van der Waals surface area contributed by atoms with Crippen LogP contribution in [0.1, 0.15) is 29.2 Å². The highest BCUT2D eigenvalue weighted by Crippen LogP contribution is 2.27. The van der Waals surface area contributed by atoms with Crippen LogP contribution in [0.5, 0.6) is 0 Å². The highest BCUT2D eigenvalue weighted by Gasteiger charge is 2.16.